The van der Waals surface area contributed by atoms with Crippen molar-refractivity contribution < 1.29 is 9.18 Å². The van der Waals surface area contributed by atoms with Gasteiger partial charge in [0.2, 0.25) is 0 Å². The van der Waals surface area contributed by atoms with Crippen molar-refractivity contribution in [2.45, 2.75) is 46.6 Å². The van der Waals surface area contributed by atoms with Crippen LogP contribution in [0.3, 0.4) is 0 Å². The predicted octanol–water partition coefficient (Wildman–Crippen LogP) is 4.50. The fourth-order valence-corrected chi connectivity index (χ4v) is 4.78. The van der Waals surface area contributed by atoms with Crippen molar-refractivity contribution in [2.75, 3.05) is 19.6 Å². The van der Waals surface area contributed by atoms with Crippen LogP contribution >= 0.6 is 0 Å². The Hall–Kier alpha value is -2.73. The number of fused-ring (bicyclic) bond motifs is 1. The minimum Gasteiger partial charge on any atom is -0.336 e. The molecule has 1 atom stereocenters. The van der Waals surface area contributed by atoms with Gasteiger partial charge in [-0.25, -0.2) is 4.39 Å². The molecule has 2 aromatic heterocycles. The van der Waals surface area contributed by atoms with Gasteiger partial charge in [-0.05, 0) is 88.9 Å². The zero-order chi connectivity index (χ0) is 22.1. The van der Waals surface area contributed by atoms with Crippen LogP contribution < -0.4 is 5.32 Å². The van der Waals surface area contributed by atoms with E-state index >= 15 is 0 Å². The smallest absolute Gasteiger partial charge is 0.256 e. The zero-order valence-electron chi connectivity index (χ0n) is 18.8. The summed E-state index contributed by atoms with van der Waals surface area (Å²) in [6, 6.07) is 4.52. The lowest BCUT2D eigenvalue weighted by molar-refractivity contribution is 0.0716. The fourth-order valence-electron chi connectivity index (χ4n) is 4.78. The number of hydrogen-bond donors (Lipinski definition) is 1. The quantitative estimate of drug-likeness (QED) is 0.637. The third-order valence-corrected chi connectivity index (χ3v) is 6.33. The Kier molecular flexibility index (Phi) is 6.10. The number of halogens is 1. The summed E-state index contributed by atoms with van der Waals surface area (Å²) in [5, 5.41) is 4.62. The van der Waals surface area contributed by atoms with E-state index in [2.05, 4.69) is 23.4 Å². The van der Waals surface area contributed by atoms with Gasteiger partial charge >= 0.3 is 0 Å². The largest absolute Gasteiger partial charge is 0.336 e. The molecule has 4 rings (SSSR count). The highest BCUT2D eigenvalue weighted by atomic mass is 19.1. The van der Waals surface area contributed by atoms with Crippen LogP contribution in [0.25, 0.3) is 16.6 Å². The molecule has 0 spiro atoms. The highest BCUT2D eigenvalue weighted by Gasteiger charge is 2.24. The molecule has 0 bridgehead atoms. The van der Waals surface area contributed by atoms with E-state index in [0.717, 1.165) is 37.0 Å². The van der Waals surface area contributed by atoms with Gasteiger partial charge in [0, 0.05) is 30.4 Å². The number of nitrogens with one attached hydrogen (secondary N) is 1. The maximum absolute atomic E-state index is 14.2. The van der Waals surface area contributed by atoms with Crippen LogP contribution in [0.4, 0.5) is 4.39 Å². The second-order valence-electron chi connectivity index (χ2n) is 8.78. The lowest BCUT2D eigenvalue weighted by Gasteiger charge is -2.26. The predicted molar refractivity (Wildman–Crippen MR) is 122 cm³/mol. The third-order valence-electron chi connectivity index (χ3n) is 6.33. The molecule has 0 saturated carbocycles. The summed E-state index contributed by atoms with van der Waals surface area (Å²) < 4.78 is 16.3. The highest BCUT2D eigenvalue weighted by Crippen LogP contribution is 2.31. The molecule has 1 saturated heterocycles. The number of hydrogen-bond acceptors (Lipinski definition) is 3. The second kappa shape index (κ2) is 8.79. The van der Waals surface area contributed by atoms with Gasteiger partial charge in [0.1, 0.15) is 5.82 Å². The number of rotatable bonds is 6. The van der Waals surface area contributed by atoms with Gasteiger partial charge in [-0.15, -0.1) is 0 Å². The standard InChI is InChI=1S/C25H31FN4O/c1-5-29(16(2)3)25(31)21-11-20(26)6-7-22(21)30-15-19(10-18-8-9-27-13-18)24-17(4)12-28-14-23(24)30/h6-7,11-12,14-16,18,27H,5,8-10,13H2,1-4H3/t18-/m0/s1. The first-order valence-corrected chi connectivity index (χ1v) is 11.2. The molecule has 1 aliphatic rings. The van der Waals surface area contributed by atoms with Crippen LogP contribution in [-0.2, 0) is 6.42 Å². The Labute approximate surface area is 183 Å². The summed E-state index contributed by atoms with van der Waals surface area (Å²) in [5.74, 6) is 0.0309. The van der Waals surface area contributed by atoms with Crippen LogP contribution in [0.15, 0.2) is 36.8 Å². The lowest BCUT2D eigenvalue weighted by atomic mass is 9.97. The van der Waals surface area contributed by atoms with Crippen molar-refractivity contribution in [2.24, 2.45) is 5.92 Å². The van der Waals surface area contributed by atoms with Gasteiger partial charge in [0.25, 0.3) is 5.91 Å². The van der Waals surface area contributed by atoms with Crippen LogP contribution in [0.5, 0.6) is 0 Å². The molecule has 31 heavy (non-hydrogen) atoms. The number of nitrogens with zero attached hydrogens (tertiary/aromatic N) is 3. The number of benzene rings is 1. The number of aromatic nitrogens is 2. The first kappa shape index (κ1) is 21.5. The molecule has 164 valence electrons. The van der Waals surface area contributed by atoms with Crippen molar-refractivity contribution in [1.29, 1.82) is 0 Å². The molecule has 5 nitrogen and oxygen atoms in total. The molecule has 0 aliphatic carbocycles. The fraction of sp³-hybridized carbons (Fsp3) is 0.440. The molecule has 6 heteroatoms. The molecule has 1 aromatic carbocycles. The van der Waals surface area contributed by atoms with E-state index in [1.807, 2.05) is 37.7 Å². The first-order chi connectivity index (χ1) is 14.9. The van der Waals surface area contributed by atoms with Crippen LogP contribution in [0.2, 0.25) is 0 Å². The number of carbonyl (C=O) groups excluding carboxylic acids is 1. The van der Waals surface area contributed by atoms with E-state index in [1.54, 1.807) is 11.0 Å². The molecular formula is C25H31FN4O. The van der Waals surface area contributed by atoms with Crippen molar-refractivity contribution in [3.05, 3.63) is 59.3 Å². The maximum Gasteiger partial charge on any atom is 0.256 e. The summed E-state index contributed by atoms with van der Waals surface area (Å²) in [4.78, 5) is 19.5. The molecule has 1 N–H and O–H groups in total. The summed E-state index contributed by atoms with van der Waals surface area (Å²) >= 11 is 0. The van der Waals surface area contributed by atoms with Crippen molar-refractivity contribution in [3.63, 3.8) is 0 Å². The summed E-state index contributed by atoms with van der Waals surface area (Å²) in [6.07, 6.45) is 7.98. The van der Waals surface area contributed by atoms with Crippen molar-refractivity contribution in [3.8, 4) is 5.69 Å². The Morgan fingerprint density at radius 2 is 2.16 bits per heavy atom. The summed E-state index contributed by atoms with van der Waals surface area (Å²) in [6.45, 7) is 10.6. The minimum absolute atomic E-state index is 0.0318. The van der Waals surface area contributed by atoms with E-state index in [0.29, 0.717) is 23.7 Å². The Morgan fingerprint density at radius 3 is 2.84 bits per heavy atom. The monoisotopic (exact) mass is 422 g/mol. The van der Waals surface area contributed by atoms with Gasteiger partial charge in [0.05, 0.1) is 23.0 Å². The van der Waals surface area contributed by atoms with Gasteiger partial charge in [-0.3, -0.25) is 9.78 Å². The molecule has 1 aliphatic heterocycles. The Bertz CT molecular complexity index is 1100. The normalized spacial score (nSPS) is 16.4. The third kappa shape index (κ3) is 4.09. The van der Waals surface area contributed by atoms with Gasteiger partial charge in [-0.1, -0.05) is 0 Å². The van der Waals surface area contributed by atoms with E-state index in [1.165, 1.54) is 23.1 Å². The first-order valence-electron chi connectivity index (χ1n) is 11.2. The van der Waals surface area contributed by atoms with Gasteiger partial charge in [-0.2, -0.15) is 0 Å². The molecule has 0 unspecified atom stereocenters. The average Bonchev–Trinajstić information content (AvgIpc) is 3.37. The van der Waals surface area contributed by atoms with E-state index < -0.39 is 5.82 Å². The summed E-state index contributed by atoms with van der Waals surface area (Å²) in [5.41, 5.74) is 4.39. The molecular weight excluding hydrogens is 391 g/mol. The Morgan fingerprint density at radius 1 is 1.35 bits per heavy atom. The summed E-state index contributed by atoms with van der Waals surface area (Å²) in [7, 11) is 0. The van der Waals surface area contributed by atoms with Crippen LogP contribution in [0, 0.1) is 18.7 Å². The SMILES string of the molecule is CCN(C(=O)c1cc(F)ccc1-n1cc(C[C@@H]2CCNC2)c2c(C)cncc21)C(C)C. The molecule has 0 radical (unpaired) electrons. The van der Waals surface area contributed by atoms with E-state index in [4.69, 9.17) is 0 Å². The Balaban J connectivity index is 1.87. The number of pyridine rings is 1. The lowest BCUT2D eigenvalue weighted by Crippen LogP contribution is -2.37. The number of amides is 1. The number of carbonyl (C=O) groups is 1. The molecule has 1 fully saturated rings. The molecule has 1 amide bonds. The molecule has 3 heterocycles. The van der Waals surface area contributed by atoms with Gasteiger partial charge in [0.15, 0.2) is 0 Å². The minimum atomic E-state index is -0.407. The highest BCUT2D eigenvalue weighted by molar-refractivity contribution is 5.99. The van der Waals surface area contributed by atoms with E-state index in [-0.39, 0.29) is 11.9 Å². The average molecular weight is 423 g/mol. The van der Waals surface area contributed by atoms with Gasteiger partial charge < -0.3 is 14.8 Å². The zero-order valence-corrected chi connectivity index (χ0v) is 18.8. The topological polar surface area (TPSA) is 50.2 Å². The van der Waals surface area contributed by atoms with E-state index in [9.17, 15) is 9.18 Å². The van der Waals surface area contributed by atoms with Crippen LogP contribution in [0.1, 0.15) is 48.7 Å². The molecule has 3 aromatic rings. The van der Waals surface area contributed by atoms with Crippen molar-refractivity contribution in [1.82, 2.24) is 19.8 Å². The maximum atomic E-state index is 14.2. The number of aryl methyl sites for hydroxylation is 1. The van der Waals surface area contributed by atoms with Crippen LogP contribution in [-0.4, -0.2) is 46.0 Å². The van der Waals surface area contributed by atoms with Crippen molar-refractivity contribution >= 4 is 16.8 Å². The second-order valence-corrected chi connectivity index (χ2v) is 8.78.